The van der Waals surface area contributed by atoms with E-state index < -0.39 is 17.9 Å². The SMILES string of the molecule is CNCCCCCC(=O)N[C@H](C(=O)N(C)[C@H](CCc1nc(C(=O)N[C@@H](Cc2ccccc2)C[C@H](C)C(=O)O)cs1)C(C)C)C(C)C. The summed E-state index contributed by atoms with van der Waals surface area (Å²) in [6.07, 6.45) is 5.25. The van der Waals surface area contributed by atoms with E-state index in [9.17, 15) is 24.3 Å². The minimum Gasteiger partial charge on any atom is -0.481 e. The molecule has 3 amide bonds. The number of aromatic nitrogens is 1. The van der Waals surface area contributed by atoms with Crippen LogP contribution in [0.5, 0.6) is 0 Å². The van der Waals surface area contributed by atoms with Gasteiger partial charge >= 0.3 is 5.97 Å². The molecule has 0 unspecified atom stereocenters. The molecule has 2 aromatic rings. The molecule has 10 nitrogen and oxygen atoms in total. The molecule has 0 saturated heterocycles. The predicted molar refractivity (Wildman–Crippen MR) is 184 cm³/mol. The number of nitrogens with zero attached hydrogens (tertiary/aromatic N) is 2. The molecule has 1 aromatic heterocycles. The molecule has 0 saturated carbocycles. The quantitative estimate of drug-likeness (QED) is 0.140. The molecule has 2 rings (SSSR count). The molecule has 0 fully saturated rings. The fourth-order valence-electron chi connectivity index (χ4n) is 5.56. The van der Waals surface area contributed by atoms with Gasteiger partial charge in [0.1, 0.15) is 11.7 Å². The molecule has 0 aliphatic heterocycles. The van der Waals surface area contributed by atoms with Crippen LogP contribution in [0.1, 0.15) is 94.2 Å². The van der Waals surface area contributed by atoms with Crippen molar-refractivity contribution in [1.29, 1.82) is 0 Å². The van der Waals surface area contributed by atoms with Gasteiger partial charge in [-0.15, -0.1) is 11.3 Å². The second kappa shape index (κ2) is 20.0. The van der Waals surface area contributed by atoms with Gasteiger partial charge in [0.2, 0.25) is 11.8 Å². The fraction of sp³-hybridized carbons (Fsp3) is 0.629. The summed E-state index contributed by atoms with van der Waals surface area (Å²) in [6.45, 7) is 10.6. The largest absolute Gasteiger partial charge is 0.481 e. The maximum Gasteiger partial charge on any atom is 0.306 e. The van der Waals surface area contributed by atoms with Crippen molar-refractivity contribution in [2.45, 2.75) is 104 Å². The lowest BCUT2D eigenvalue weighted by Crippen LogP contribution is -2.53. The third kappa shape index (κ3) is 13.2. The number of thiazole rings is 1. The van der Waals surface area contributed by atoms with Crippen molar-refractivity contribution in [3.63, 3.8) is 0 Å². The van der Waals surface area contributed by atoms with E-state index in [1.165, 1.54) is 11.3 Å². The first-order valence-electron chi connectivity index (χ1n) is 16.6. The summed E-state index contributed by atoms with van der Waals surface area (Å²) in [5.41, 5.74) is 1.32. The number of carbonyl (C=O) groups is 4. The number of carboxylic acid groups (broad SMARTS) is 1. The van der Waals surface area contributed by atoms with Crippen molar-refractivity contribution in [2.24, 2.45) is 17.8 Å². The third-order valence-electron chi connectivity index (χ3n) is 8.35. The topological polar surface area (TPSA) is 141 Å². The first-order valence-corrected chi connectivity index (χ1v) is 17.4. The van der Waals surface area contributed by atoms with Crippen molar-refractivity contribution in [2.75, 3.05) is 20.6 Å². The average molecular weight is 658 g/mol. The van der Waals surface area contributed by atoms with Crippen molar-refractivity contribution in [3.05, 3.63) is 52.0 Å². The highest BCUT2D eigenvalue weighted by molar-refractivity contribution is 7.09. The number of benzene rings is 1. The van der Waals surface area contributed by atoms with Gasteiger partial charge in [-0.25, -0.2) is 4.98 Å². The first kappa shape index (κ1) is 38.9. The Morgan fingerprint density at radius 2 is 1.65 bits per heavy atom. The van der Waals surface area contributed by atoms with E-state index in [1.807, 2.05) is 51.2 Å². The summed E-state index contributed by atoms with van der Waals surface area (Å²) in [6, 6.07) is 8.65. The van der Waals surface area contributed by atoms with Gasteiger partial charge in [0.05, 0.1) is 10.9 Å². The molecular weight excluding hydrogens is 602 g/mol. The molecule has 46 heavy (non-hydrogen) atoms. The molecule has 0 aliphatic rings. The summed E-state index contributed by atoms with van der Waals surface area (Å²) in [4.78, 5) is 57.4. The van der Waals surface area contributed by atoms with Gasteiger partial charge in [-0.1, -0.05) is 71.4 Å². The standard InChI is InChI=1S/C35H55N5O5S/c1-23(2)29(40(7)34(43)32(24(3)4)39-30(41)16-12-9-13-19-36-6)17-18-31-38-28(22-46-31)33(42)37-27(20-25(5)35(44)45)21-26-14-10-8-11-15-26/h8,10-11,14-15,22-25,27,29,32,36H,9,12-13,16-21H2,1-7H3,(H,37,42)(H,39,41)(H,44,45)/t25-,27+,29+,32-/m0/s1. The van der Waals surface area contributed by atoms with E-state index >= 15 is 0 Å². The van der Waals surface area contributed by atoms with Gasteiger partial charge in [0.25, 0.3) is 5.91 Å². The summed E-state index contributed by atoms with van der Waals surface area (Å²) in [5.74, 6) is -1.91. The Morgan fingerprint density at radius 3 is 2.26 bits per heavy atom. The van der Waals surface area contributed by atoms with Gasteiger partial charge < -0.3 is 26.0 Å². The van der Waals surface area contributed by atoms with E-state index in [1.54, 1.807) is 24.3 Å². The van der Waals surface area contributed by atoms with E-state index in [0.717, 1.165) is 36.4 Å². The molecule has 0 spiro atoms. The van der Waals surface area contributed by atoms with Gasteiger partial charge in [-0.3, -0.25) is 19.2 Å². The number of hydrogen-bond acceptors (Lipinski definition) is 7. The van der Waals surface area contributed by atoms with Crippen molar-refractivity contribution < 1.29 is 24.3 Å². The van der Waals surface area contributed by atoms with Crippen LogP contribution in [0.3, 0.4) is 0 Å². The maximum absolute atomic E-state index is 13.6. The van der Waals surface area contributed by atoms with Crippen LogP contribution in [-0.4, -0.2) is 77.4 Å². The molecule has 4 N–H and O–H groups in total. The van der Waals surface area contributed by atoms with Gasteiger partial charge in [-0.2, -0.15) is 0 Å². The van der Waals surface area contributed by atoms with E-state index in [2.05, 4.69) is 34.8 Å². The Labute approximate surface area is 279 Å². The van der Waals surface area contributed by atoms with Crippen LogP contribution in [0, 0.1) is 17.8 Å². The normalized spacial score (nSPS) is 14.0. The number of amides is 3. The van der Waals surface area contributed by atoms with Crippen LogP contribution in [0.2, 0.25) is 0 Å². The zero-order valence-corrected chi connectivity index (χ0v) is 29.5. The van der Waals surface area contributed by atoms with Crippen LogP contribution in [0.4, 0.5) is 0 Å². The summed E-state index contributed by atoms with van der Waals surface area (Å²) >= 11 is 1.40. The smallest absolute Gasteiger partial charge is 0.306 e. The Kier molecular flexibility index (Phi) is 16.9. The van der Waals surface area contributed by atoms with Crippen LogP contribution >= 0.6 is 11.3 Å². The van der Waals surface area contributed by atoms with E-state index in [-0.39, 0.29) is 41.6 Å². The number of nitrogens with one attached hydrogen (secondary N) is 3. The molecule has 256 valence electrons. The minimum absolute atomic E-state index is 0.0553. The number of carboxylic acids is 1. The Bertz CT molecular complexity index is 1230. The fourth-order valence-corrected chi connectivity index (χ4v) is 6.35. The Hall–Kier alpha value is -3.31. The lowest BCUT2D eigenvalue weighted by Gasteiger charge is -2.35. The first-order chi connectivity index (χ1) is 21.8. The van der Waals surface area contributed by atoms with Gasteiger partial charge in [-0.05, 0) is 63.1 Å². The second-order valence-corrected chi connectivity index (χ2v) is 13.9. The summed E-state index contributed by atoms with van der Waals surface area (Å²) < 4.78 is 0. The van der Waals surface area contributed by atoms with Crippen LogP contribution in [0.15, 0.2) is 35.7 Å². The Balaban J connectivity index is 2.02. The van der Waals surface area contributed by atoms with Crippen molar-refractivity contribution in [1.82, 2.24) is 25.8 Å². The average Bonchev–Trinajstić information content (AvgIpc) is 3.48. The molecule has 4 atom stereocenters. The van der Waals surface area contributed by atoms with Gasteiger partial charge in [0, 0.05) is 37.4 Å². The highest BCUT2D eigenvalue weighted by atomic mass is 32.1. The number of unbranched alkanes of at least 4 members (excludes halogenated alkanes) is 2. The minimum atomic E-state index is -0.899. The highest BCUT2D eigenvalue weighted by Gasteiger charge is 2.32. The molecule has 0 bridgehead atoms. The van der Waals surface area contributed by atoms with Crippen molar-refractivity contribution in [3.8, 4) is 0 Å². The number of likely N-dealkylation sites (N-methyl/N-ethyl adjacent to an activating group) is 1. The summed E-state index contributed by atoms with van der Waals surface area (Å²) in [5, 5.41) is 21.1. The molecule has 1 heterocycles. The highest BCUT2D eigenvalue weighted by Crippen LogP contribution is 2.21. The number of carbonyl (C=O) groups excluding carboxylic acids is 3. The zero-order valence-electron chi connectivity index (χ0n) is 28.7. The van der Waals surface area contributed by atoms with E-state index in [4.69, 9.17) is 0 Å². The number of aryl methyl sites for hydroxylation is 1. The molecule has 1 aromatic carbocycles. The number of hydrogen-bond donors (Lipinski definition) is 4. The lowest BCUT2D eigenvalue weighted by molar-refractivity contribution is -0.141. The second-order valence-electron chi connectivity index (χ2n) is 13.0. The van der Waals surface area contributed by atoms with Crippen LogP contribution < -0.4 is 16.0 Å². The summed E-state index contributed by atoms with van der Waals surface area (Å²) in [7, 11) is 3.72. The molecule has 0 aliphatic carbocycles. The maximum atomic E-state index is 13.6. The number of aliphatic carboxylic acids is 1. The van der Waals surface area contributed by atoms with Crippen LogP contribution in [-0.2, 0) is 27.2 Å². The number of rotatable bonds is 21. The molecular formula is C35H55N5O5S. The van der Waals surface area contributed by atoms with Crippen molar-refractivity contribution >= 4 is 35.0 Å². The monoisotopic (exact) mass is 657 g/mol. The predicted octanol–water partition coefficient (Wildman–Crippen LogP) is 4.93. The lowest BCUT2D eigenvalue weighted by atomic mass is 9.95. The molecule has 11 heteroatoms. The van der Waals surface area contributed by atoms with Crippen LogP contribution in [0.25, 0.3) is 0 Å². The van der Waals surface area contributed by atoms with E-state index in [0.29, 0.717) is 37.8 Å². The Morgan fingerprint density at radius 1 is 0.957 bits per heavy atom. The third-order valence-corrected chi connectivity index (χ3v) is 9.26. The zero-order chi connectivity index (χ0) is 34.2. The molecule has 0 radical (unpaired) electrons. The van der Waals surface area contributed by atoms with Gasteiger partial charge in [0.15, 0.2) is 0 Å².